The Morgan fingerprint density at radius 1 is 1.28 bits per heavy atom. The number of nitrogens with one attached hydrogen (secondary N) is 1. The van der Waals surface area contributed by atoms with E-state index in [1.807, 2.05) is 5.32 Å². The molecule has 98 valence electrons. The van der Waals surface area contributed by atoms with Crippen LogP contribution in [-0.4, -0.2) is 17.9 Å². The van der Waals surface area contributed by atoms with Crippen molar-refractivity contribution < 1.29 is 27.2 Å². The first kappa shape index (κ1) is 14.1. The second-order valence-corrected chi connectivity index (χ2v) is 3.59. The molecular formula is C11H9F4NO2. The molecule has 1 aromatic carbocycles. The van der Waals surface area contributed by atoms with E-state index in [4.69, 9.17) is 0 Å². The van der Waals surface area contributed by atoms with Gasteiger partial charge in [0.1, 0.15) is 12.2 Å². The van der Waals surface area contributed by atoms with Crippen LogP contribution in [-0.2, 0) is 4.79 Å². The Morgan fingerprint density at radius 2 is 1.89 bits per heavy atom. The number of hydrogen-bond donors (Lipinski definition) is 1. The molecule has 1 aromatic rings. The van der Waals surface area contributed by atoms with Crippen molar-refractivity contribution in [2.24, 2.45) is 0 Å². The fraction of sp³-hybridized carbons (Fsp3) is 0.273. The van der Waals surface area contributed by atoms with E-state index in [0.29, 0.717) is 0 Å². The Bertz CT molecular complexity index is 482. The zero-order chi connectivity index (χ0) is 13.9. The first-order valence-electron chi connectivity index (χ1n) is 4.86. The SMILES string of the molecule is CC(=O)c1ccc(F)cc1NC(=O)CC(F)(F)F. The van der Waals surface area contributed by atoms with Crippen LogP contribution in [0.5, 0.6) is 0 Å². The molecule has 1 N–H and O–H groups in total. The highest BCUT2D eigenvalue weighted by Gasteiger charge is 2.31. The van der Waals surface area contributed by atoms with Crippen molar-refractivity contribution in [3.8, 4) is 0 Å². The first-order valence-corrected chi connectivity index (χ1v) is 4.86. The van der Waals surface area contributed by atoms with Gasteiger partial charge in [-0.15, -0.1) is 0 Å². The predicted molar refractivity (Wildman–Crippen MR) is 55.7 cm³/mol. The molecule has 0 aliphatic heterocycles. The molecule has 7 heteroatoms. The third-order valence-corrected chi connectivity index (χ3v) is 2.00. The Labute approximate surface area is 99.8 Å². The van der Waals surface area contributed by atoms with E-state index in [0.717, 1.165) is 25.1 Å². The van der Waals surface area contributed by atoms with Gasteiger partial charge in [0.05, 0.1) is 5.69 Å². The molecule has 0 aliphatic rings. The Morgan fingerprint density at radius 3 is 2.39 bits per heavy atom. The summed E-state index contributed by atoms with van der Waals surface area (Å²) in [4.78, 5) is 22.2. The zero-order valence-electron chi connectivity index (χ0n) is 9.27. The Kier molecular flexibility index (Phi) is 4.05. The van der Waals surface area contributed by atoms with Crippen molar-refractivity contribution in [1.29, 1.82) is 0 Å². The lowest BCUT2D eigenvalue weighted by Crippen LogP contribution is -2.22. The van der Waals surface area contributed by atoms with Crippen molar-refractivity contribution in [1.82, 2.24) is 0 Å². The molecule has 3 nitrogen and oxygen atoms in total. The topological polar surface area (TPSA) is 46.2 Å². The van der Waals surface area contributed by atoms with Gasteiger partial charge >= 0.3 is 6.18 Å². The minimum atomic E-state index is -4.66. The molecule has 0 atom stereocenters. The van der Waals surface area contributed by atoms with Crippen molar-refractivity contribution in [3.63, 3.8) is 0 Å². The fourth-order valence-electron chi connectivity index (χ4n) is 1.30. The number of benzene rings is 1. The second-order valence-electron chi connectivity index (χ2n) is 3.59. The standard InChI is InChI=1S/C11H9F4NO2/c1-6(17)8-3-2-7(12)4-9(8)16-10(18)5-11(13,14)15/h2-4H,5H2,1H3,(H,16,18). The van der Waals surface area contributed by atoms with Gasteiger partial charge in [-0.1, -0.05) is 0 Å². The monoisotopic (exact) mass is 263 g/mol. The van der Waals surface area contributed by atoms with Gasteiger partial charge < -0.3 is 5.32 Å². The van der Waals surface area contributed by atoms with E-state index >= 15 is 0 Å². The highest BCUT2D eigenvalue weighted by Crippen LogP contribution is 2.22. The molecule has 0 aliphatic carbocycles. The summed E-state index contributed by atoms with van der Waals surface area (Å²) in [5.41, 5.74) is -0.316. The zero-order valence-corrected chi connectivity index (χ0v) is 9.27. The first-order chi connectivity index (χ1) is 8.19. The van der Waals surface area contributed by atoms with E-state index < -0.39 is 30.1 Å². The molecule has 0 radical (unpaired) electrons. The van der Waals surface area contributed by atoms with Crippen LogP contribution in [0.1, 0.15) is 23.7 Å². The molecule has 0 fully saturated rings. The van der Waals surface area contributed by atoms with Crippen molar-refractivity contribution in [2.75, 3.05) is 5.32 Å². The minimum absolute atomic E-state index is 0.0491. The molecule has 1 amide bonds. The number of amides is 1. The maximum atomic E-state index is 12.9. The molecule has 0 aromatic heterocycles. The minimum Gasteiger partial charge on any atom is -0.325 e. The Balaban J connectivity index is 2.93. The number of rotatable bonds is 3. The van der Waals surface area contributed by atoms with Gasteiger partial charge in [-0.25, -0.2) is 4.39 Å². The van der Waals surface area contributed by atoms with E-state index in [1.54, 1.807) is 0 Å². The quantitative estimate of drug-likeness (QED) is 0.673. The van der Waals surface area contributed by atoms with Crippen LogP contribution in [0.3, 0.4) is 0 Å². The summed E-state index contributed by atoms with van der Waals surface area (Å²) in [6, 6.07) is 2.88. The number of Topliss-reactive ketones (excluding diaryl/α,β-unsaturated/α-hetero) is 1. The normalized spacial score (nSPS) is 11.2. The smallest absolute Gasteiger partial charge is 0.325 e. The molecule has 0 bridgehead atoms. The average molecular weight is 263 g/mol. The van der Waals surface area contributed by atoms with Gasteiger partial charge in [0, 0.05) is 5.56 Å². The maximum absolute atomic E-state index is 12.9. The number of carbonyl (C=O) groups excluding carboxylic acids is 2. The molecule has 0 unspecified atom stereocenters. The van der Waals surface area contributed by atoms with Gasteiger partial charge in [0.25, 0.3) is 0 Å². The third-order valence-electron chi connectivity index (χ3n) is 2.00. The highest BCUT2D eigenvalue weighted by atomic mass is 19.4. The number of halogens is 4. The molecule has 0 saturated carbocycles. The molecule has 0 spiro atoms. The summed E-state index contributed by atoms with van der Waals surface area (Å²) < 4.78 is 48.8. The Hall–Kier alpha value is -1.92. The van der Waals surface area contributed by atoms with Gasteiger partial charge in [-0.3, -0.25) is 9.59 Å². The van der Waals surface area contributed by atoms with Crippen molar-refractivity contribution in [3.05, 3.63) is 29.6 Å². The van der Waals surface area contributed by atoms with Gasteiger partial charge in [0.15, 0.2) is 5.78 Å². The van der Waals surface area contributed by atoms with Crippen molar-refractivity contribution in [2.45, 2.75) is 19.5 Å². The van der Waals surface area contributed by atoms with Gasteiger partial charge in [0.2, 0.25) is 5.91 Å². The van der Waals surface area contributed by atoms with Crippen LogP contribution >= 0.6 is 0 Å². The van der Waals surface area contributed by atoms with Gasteiger partial charge in [-0.05, 0) is 25.1 Å². The fourth-order valence-corrected chi connectivity index (χ4v) is 1.30. The maximum Gasteiger partial charge on any atom is 0.397 e. The van der Waals surface area contributed by atoms with Crippen LogP contribution in [0.25, 0.3) is 0 Å². The summed E-state index contributed by atoms with van der Waals surface area (Å²) in [5, 5.41) is 1.87. The van der Waals surface area contributed by atoms with Crippen LogP contribution in [0.15, 0.2) is 18.2 Å². The molecule has 0 saturated heterocycles. The summed E-state index contributed by atoms with van der Waals surface area (Å²) in [6.45, 7) is 1.16. The predicted octanol–water partition coefficient (Wildman–Crippen LogP) is 2.92. The third kappa shape index (κ3) is 4.15. The lowest BCUT2D eigenvalue weighted by atomic mass is 10.1. The lowest BCUT2D eigenvalue weighted by Gasteiger charge is -2.10. The number of alkyl halides is 3. The summed E-state index contributed by atoms with van der Waals surface area (Å²) in [5.74, 6) is -2.60. The van der Waals surface area contributed by atoms with E-state index in [9.17, 15) is 27.2 Å². The molecular weight excluding hydrogens is 254 g/mol. The van der Waals surface area contributed by atoms with Gasteiger partial charge in [-0.2, -0.15) is 13.2 Å². The summed E-state index contributed by atoms with van der Waals surface area (Å²) in [7, 11) is 0. The molecule has 1 rings (SSSR count). The summed E-state index contributed by atoms with van der Waals surface area (Å²) >= 11 is 0. The lowest BCUT2D eigenvalue weighted by molar-refractivity contribution is -0.150. The number of hydrogen-bond acceptors (Lipinski definition) is 2. The van der Waals surface area contributed by atoms with E-state index in [-0.39, 0.29) is 11.3 Å². The highest BCUT2D eigenvalue weighted by molar-refractivity contribution is 6.03. The second kappa shape index (κ2) is 5.16. The van der Waals surface area contributed by atoms with Crippen LogP contribution in [0.2, 0.25) is 0 Å². The van der Waals surface area contributed by atoms with Crippen LogP contribution in [0.4, 0.5) is 23.2 Å². The summed E-state index contributed by atoms with van der Waals surface area (Å²) in [6.07, 6.45) is -6.35. The molecule has 18 heavy (non-hydrogen) atoms. The van der Waals surface area contributed by atoms with E-state index in [2.05, 4.69) is 0 Å². The van der Waals surface area contributed by atoms with Crippen molar-refractivity contribution >= 4 is 17.4 Å². The largest absolute Gasteiger partial charge is 0.397 e. The number of carbonyl (C=O) groups is 2. The number of anilines is 1. The van der Waals surface area contributed by atoms with Crippen LogP contribution < -0.4 is 5.32 Å². The molecule has 0 heterocycles. The van der Waals surface area contributed by atoms with Crippen LogP contribution in [0, 0.1) is 5.82 Å². The number of ketones is 1. The average Bonchev–Trinajstić information content (AvgIpc) is 2.13. The van der Waals surface area contributed by atoms with E-state index in [1.165, 1.54) is 0 Å².